The Morgan fingerprint density at radius 1 is 1.43 bits per heavy atom. The summed E-state index contributed by atoms with van der Waals surface area (Å²) in [6, 6.07) is 5.44. The monoisotopic (exact) mass is 313 g/mol. The molecule has 21 heavy (non-hydrogen) atoms. The molecule has 2 N–H and O–H groups in total. The summed E-state index contributed by atoms with van der Waals surface area (Å²) in [4.78, 5) is 11.2. The fourth-order valence-corrected chi connectivity index (χ4v) is 2.06. The van der Waals surface area contributed by atoms with Crippen molar-refractivity contribution >= 4 is 17.6 Å². The van der Waals surface area contributed by atoms with Crippen LogP contribution in [0.1, 0.15) is 46.1 Å². The fourth-order valence-electron chi connectivity index (χ4n) is 1.82. The summed E-state index contributed by atoms with van der Waals surface area (Å²) in [5, 5.41) is 13.0. The standard InChI is InChI=1S/C16H24ClNO3/c1-5-7-13(15(19)20)21-14-11(8-6-9-12(14)17)10-18-16(2,3)4/h6,8-9,13,18H,5,7,10H2,1-4H3,(H,19,20). The SMILES string of the molecule is CCCC(Oc1c(Cl)cccc1CNC(C)(C)C)C(=O)O. The Kier molecular flexibility index (Phi) is 6.49. The van der Waals surface area contributed by atoms with Crippen molar-refractivity contribution in [2.45, 2.75) is 58.7 Å². The summed E-state index contributed by atoms with van der Waals surface area (Å²) in [6.45, 7) is 8.69. The van der Waals surface area contributed by atoms with Crippen molar-refractivity contribution < 1.29 is 14.6 Å². The van der Waals surface area contributed by atoms with E-state index in [9.17, 15) is 9.90 Å². The van der Waals surface area contributed by atoms with Crippen LogP contribution in [0, 0.1) is 0 Å². The van der Waals surface area contributed by atoms with Crippen molar-refractivity contribution in [3.8, 4) is 5.75 Å². The van der Waals surface area contributed by atoms with Crippen LogP contribution in [0.25, 0.3) is 0 Å². The summed E-state index contributed by atoms with van der Waals surface area (Å²) in [6.07, 6.45) is 0.312. The summed E-state index contributed by atoms with van der Waals surface area (Å²) in [5.74, 6) is -0.511. The van der Waals surface area contributed by atoms with Crippen molar-refractivity contribution in [2.24, 2.45) is 0 Å². The van der Waals surface area contributed by atoms with Crippen LogP contribution >= 0.6 is 11.6 Å². The number of benzene rings is 1. The number of carboxylic acid groups (broad SMARTS) is 1. The Hall–Kier alpha value is -1.26. The van der Waals surface area contributed by atoms with Gasteiger partial charge in [-0.3, -0.25) is 0 Å². The zero-order chi connectivity index (χ0) is 16.0. The number of hydrogen-bond donors (Lipinski definition) is 2. The molecule has 0 spiro atoms. The third-order valence-corrected chi connectivity index (χ3v) is 3.24. The van der Waals surface area contributed by atoms with Gasteiger partial charge in [-0.25, -0.2) is 4.79 Å². The van der Waals surface area contributed by atoms with Gasteiger partial charge in [-0.2, -0.15) is 0 Å². The van der Waals surface area contributed by atoms with E-state index in [1.807, 2.05) is 19.1 Å². The molecule has 0 aromatic heterocycles. The summed E-state index contributed by atoms with van der Waals surface area (Å²) in [7, 11) is 0. The van der Waals surface area contributed by atoms with Gasteiger partial charge in [-0.15, -0.1) is 0 Å². The second-order valence-corrected chi connectivity index (χ2v) is 6.47. The van der Waals surface area contributed by atoms with Crippen LogP contribution in [0.5, 0.6) is 5.75 Å². The van der Waals surface area contributed by atoms with Gasteiger partial charge in [-0.05, 0) is 33.3 Å². The number of ether oxygens (including phenoxy) is 1. The molecule has 1 aromatic rings. The van der Waals surface area contributed by atoms with Gasteiger partial charge in [0.1, 0.15) is 5.75 Å². The third kappa shape index (κ3) is 5.94. The van der Waals surface area contributed by atoms with Gasteiger partial charge in [0.25, 0.3) is 0 Å². The molecule has 1 atom stereocenters. The van der Waals surface area contributed by atoms with Crippen molar-refractivity contribution in [2.75, 3.05) is 0 Å². The lowest BCUT2D eigenvalue weighted by molar-refractivity contribution is -0.145. The number of para-hydroxylation sites is 1. The van der Waals surface area contributed by atoms with Crippen LogP contribution in [0.15, 0.2) is 18.2 Å². The zero-order valence-electron chi connectivity index (χ0n) is 13.1. The van der Waals surface area contributed by atoms with Crippen LogP contribution in [-0.4, -0.2) is 22.7 Å². The van der Waals surface area contributed by atoms with E-state index in [0.717, 1.165) is 12.0 Å². The molecule has 5 heteroatoms. The lowest BCUT2D eigenvalue weighted by Gasteiger charge is -2.23. The highest BCUT2D eigenvalue weighted by molar-refractivity contribution is 6.32. The number of carboxylic acids is 1. The van der Waals surface area contributed by atoms with E-state index in [4.69, 9.17) is 16.3 Å². The van der Waals surface area contributed by atoms with Crippen LogP contribution in [-0.2, 0) is 11.3 Å². The van der Waals surface area contributed by atoms with Gasteiger partial charge in [0.05, 0.1) is 5.02 Å². The minimum absolute atomic E-state index is 0.0464. The predicted octanol–water partition coefficient (Wildman–Crippen LogP) is 3.86. The topological polar surface area (TPSA) is 58.6 Å². The minimum atomic E-state index is -0.966. The highest BCUT2D eigenvalue weighted by Crippen LogP contribution is 2.30. The van der Waals surface area contributed by atoms with Gasteiger partial charge in [0, 0.05) is 17.6 Å². The first-order valence-electron chi connectivity index (χ1n) is 7.16. The first-order valence-corrected chi connectivity index (χ1v) is 7.54. The van der Waals surface area contributed by atoms with Crippen molar-refractivity contribution in [3.63, 3.8) is 0 Å². The number of hydrogen-bond acceptors (Lipinski definition) is 3. The lowest BCUT2D eigenvalue weighted by atomic mass is 10.1. The van der Waals surface area contributed by atoms with Gasteiger partial charge < -0.3 is 15.2 Å². The van der Waals surface area contributed by atoms with Crippen LogP contribution < -0.4 is 10.1 Å². The zero-order valence-corrected chi connectivity index (χ0v) is 13.8. The average molecular weight is 314 g/mol. The Balaban J connectivity index is 2.96. The van der Waals surface area contributed by atoms with E-state index in [1.54, 1.807) is 6.07 Å². The van der Waals surface area contributed by atoms with E-state index in [1.165, 1.54) is 0 Å². The molecular weight excluding hydrogens is 290 g/mol. The molecule has 1 rings (SSSR count). The molecule has 0 bridgehead atoms. The highest BCUT2D eigenvalue weighted by Gasteiger charge is 2.21. The third-order valence-electron chi connectivity index (χ3n) is 2.94. The Morgan fingerprint density at radius 2 is 2.10 bits per heavy atom. The van der Waals surface area contributed by atoms with Crippen LogP contribution in [0.4, 0.5) is 0 Å². The van der Waals surface area contributed by atoms with Crippen LogP contribution in [0.3, 0.4) is 0 Å². The second kappa shape index (κ2) is 7.66. The molecule has 0 amide bonds. The normalized spacial score (nSPS) is 13.0. The van der Waals surface area contributed by atoms with E-state index in [0.29, 0.717) is 23.7 Å². The van der Waals surface area contributed by atoms with E-state index in [-0.39, 0.29) is 5.54 Å². The summed E-state index contributed by atoms with van der Waals surface area (Å²) < 4.78 is 5.67. The minimum Gasteiger partial charge on any atom is -0.479 e. The molecule has 1 aromatic carbocycles. The number of halogens is 1. The molecule has 4 nitrogen and oxygen atoms in total. The van der Waals surface area contributed by atoms with Crippen molar-refractivity contribution in [3.05, 3.63) is 28.8 Å². The molecule has 0 aliphatic rings. The molecule has 118 valence electrons. The molecular formula is C16H24ClNO3. The number of carbonyl (C=O) groups is 1. The van der Waals surface area contributed by atoms with E-state index < -0.39 is 12.1 Å². The lowest BCUT2D eigenvalue weighted by Crippen LogP contribution is -2.35. The quantitative estimate of drug-likeness (QED) is 0.802. The number of aliphatic carboxylic acids is 1. The largest absolute Gasteiger partial charge is 0.479 e. The average Bonchev–Trinajstić information content (AvgIpc) is 2.37. The smallest absolute Gasteiger partial charge is 0.344 e. The summed E-state index contributed by atoms with van der Waals surface area (Å²) >= 11 is 6.18. The van der Waals surface area contributed by atoms with Crippen LogP contribution in [0.2, 0.25) is 5.02 Å². The first-order chi connectivity index (χ1) is 9.74. The first kappa shape index (κ1) is 17.8. The summed E-state index contributed by atoms with van der Waals surface area (Å²) in [5.41, 5.74) is 0.814. The van der Waals surface area contributed by atoms with E-state index in [2.05, 4.69) is 26.1 Å². The Labute approximate surface area is 131 Å². The fraction of sp³-hybridized carbons (Fsp3) is 0.562. The van der Waals surface area contributed by atoms with Gasteiger partial charge >= 0.3 is 5.97 Å². The van der Waals surface area contributed by atoms with Gasteiger partial charge in [0.15, 0.2) is 6.10 Å². The number of nitrogens with one attached hydrogen (secondary N) is 1. The molecule has 0 aliphatic carbocycles. The molecule has 0 radical (unpaired) electrons. The molecule has 0 heterocycles. The molecule has 1 unspecified atom stereocenters. The molecule has 0 aliphatic heterocycles. The predicted molar refractivity (Wildman–Crippen MR) is 85.0 cm³/mol. The van der Waals surface area contributed by atoms with E-state index >= 15 is 0 Å². The molecule has 0 saturated heterocycles. The highest BCUT2D eigenvalue weighted by atomic mass is 35.5. The van der Waals surface area contributed by atoms with Crippen molar-refractivity contribution in [1.29, 1.82) is 0 Å². The van der Waals surface area contributed by atoms with Crippen molar-refractivity contribution in [1.82, 2.24) is 5.32 Å². The maximum Gasteiger partial charge on any atom is 0.344 e. The Bertz CT molecular complexity index is 483. The van der Waals surface area contributed by atoms with Gasteiger partial charge in [0.2, 0.25) is 0 Å². The molecule has 0 fully saturated rings. The van der Waals surface area contributed by atoms with Gasteiger partial charge in [-0.1, -0.05) is 37.1 Å². The maximum absolute atomic E-state index is 11.2. The number of rotatable bonds is 7. The Morgan fingerprint density at radius 3 is 2.62 bits per heavy atom. The second-order valence-electron chi connectivity index (χ2n) is 6.07. The maximum atomic E-state index is 11.2. The molecule has 0 saturated carbocycles.